The number of methoxy groups -OCH3 is 1. The average molecular weight is 361 g/mol. The van der Waals surface area contributed by atoms with E-state index < -0.39 is 12.1 Å². The van der Waals surface area contributed by atoms with Crippen molar-refractivity contribution in [3.05, 3.63) is 102 Å². The first-order chi connectivity index (χ1) is 13.2. The van der Waals surface area contributed by atoms with Crippen LogP contribution in [0.15, 0.2) is 84.9 Å². The molecule has 27 heavy (non-hydrogen) atoms. The minimum Gasteiger partial charge on any atom is -0.479 e. The van der Waals surface area contributed by atoms with E-state index in [1.54, 1.807) is 0 Å². The highest BCUT2D eigenvalue weighted by atomic mass is 16.5. The summed E-state index contributed by atoms with van der Waals surface area (Å²) in [6.07, 6.45) is -0.948. The Bertz CT molecular complexity index is 806. The molecule has 0 fully saturated rings. The van der Waals surface area contributed by atoms with Crippen molar-refractivity contribution in [2.24, 2.45) is 0 Å². The second kappa shape index (κ2) is 9.01. The highest BCUT2D eigenvalue weighted by Crippen LogP contribution is 2.24. The first-order valence-electron chi connectivity index (χ1n) is 8.85. The van der Waals surface area contributed by atoms with Gasteiger partial charge < -0.3 is 14.7 Å². The van der Waals surface area contributed by atoms with Gasteiger partial charge in [-0.25, -0.2) is 4.79 Å². The van der Waals surface area contributed by atoms with E-state index in [0.29, 0.717) is 5.56 Å². The topological polar surface area (TPSA) is 49.8 Å². The second-order valence-corrected chi connectivity index (χ2v) is 6.37. The lowest BCUT2D eigenvalue weighted by molar-refractivity contribution is -0.148. The highest BCUT2D eigenvalue weighted by molar-refractivity contribution is 5.74. The van der Waals surface area contributed by atoms with Crippen molar-refractivity contribution in [3.63, 3.8) is 0 Å². The Labute approximate surface area is 159 Å². The summed E-state index contributed by atoms with van der Waals surface area (Å²) in [4.78, 5) is 13.6. The van der Waals surface area contributed by atoms with Crippen molar-refractivity contribution in [2.75, 3.05) is 12.0 Å². The summed E-state index contributed by atoms with van der Waals surface area (Å²) in [5.41, 5.74) is 4.11. The molecule has 0 saturated carbocycles. The van der Waals surface area contributed by atoms with Gasteiger partial charge in [0.25, 0.3) is 0 Å². The van der Waals surface area contributed by atoms with Gasteiger partial charge in [0.05, 0.1) is 0 Å². The van der Waals surface area contributed by atoms with Crippen LogP contribution in [0.1, 0.15) is 22.8 Å². The van der Waals surface area contributed by atoms with Crippen LogP contribution >= 0.6 is 0 Å². The lowest BCUT2D eigenvalue weighted by Crippen LogP contribution is -2.22. The molecule has 0 saturated heterocycles. The molecule has 4 heteroatoms. The van der Waals surface area contributed by atoms with Crippen LogP contribution in [0.25, 0.3) is 0 Å². The largest absolute Gasteiger partial charge is 0.479 e. The summed E-state index contributed by atoms with van der Waals surface area (Å²) in [5, 5.41) is 9.26. The quantitative estimate of drug-likeness (QED) is 0.634. The van der Waals surface area contributed by atoms with Gasteiger partial charge in [0.2, 0.25) is 0 Å². The molecular formula is C23H23NO3. The predicted octanol–water partition coefficient (Wildman–Crippen LogP) is 4.67. The van der Waals surface area contributed by atoms with Gasteiger partial charge in [-0.3, -0.25) is 0 Å². The van der Waals surface area contributed by atoms with Crippen molar-refractivity contribution < 1.29 is 14.6 Å². The number of hydrogen-bond acceptors (Lipinski definition) is 3. The zero-order valence-corrected chi connectivity index (χ0v) is 15.3. The van der Waals surface area contributed by atoms with Crippen molar-refractivity contribution in [2.45, 2.75) is 19.2 Å². The molecule has 0 aliphatic heterocycles. The first-order valence-corrected chi connectivity index (χ1v) is 8.85. The van der Waals surface area contributed by atoms with Gasteiger partial charge in [-0.1, -0.05) is 72.8 Å². The molecule has 3 aromatic rings. The minimum atomic E-state index is -0.990. The van der Waals surface area contributed by atoms with Gasteiger partial charge in [0.1, 0.15) is 0 Å². The molecule has 0 radical (unpaired) electrons. The number of carboxylic acid groups (broad SMARTS) is 1. The molecule has 0 bridgehead atoms. The Morgan fingerprint density at radius 3 is 1.74 bits per heavy atom. The third-order valence-corrected chi connectivity index (χ3v) is 4.45. The van der Waals surface area contributed by atoms with Crippen molar-refractivity contribution in [3.8, 4) is 0 Å². The Hall–Kier alpha value is -3.11. The van der Waals surface area contributed by atoms with Gasteiger partial charge >= 0.3 is 5.97 Å². The van der Waals surface area contributed by atoms with Crippen LogP contribution < -0.4 is 4.90 Å². The second-order valence-electron chi connectivity index (χ2n) is 6.37. The number of ether oxygens (including phenoxy) is 1. The molecule has 0 aromatic heterocycles. The van der Waals surface area contributed by atoms with Gasteiger partial charge in [0.15, 0.2) is 6.10 Å². The normalized spacial score (nSPS) is 11.7. The van der Waals surface area contributed by atoms with Crippen LogP contribution in [0.4, 0.5) is 5.69 Å². The molecule has 0 aliphatic rings. The molecule has 1 unspecified atom stereocenters. The molecular weight excluding hydrogens is 338 g/mol. The lowest BCUT2D eigenvalue weighted by Gasteiger charge is -2.26. The predicted molar refractivity (Wildman–Crippen MR) is 107 cm³/mol. The monoisotopic (exact) mass is 361 g/mol. The van der Waals surface area contributed by atoms with Crippen molar-refractivity contribution in [1.82, 2.24) is 0 Å². The van der Waals surface area contributed by atoms with Crippen LogP contribution in [-0.4, -0.2) is 18.2 Å². The number of anilines is 1. The zero-order valence-electron chi connectivity index (χ0n) is 15.3. The van der Waals surface area contributed by atoms with E-state index in [0.717, 1.165) is 18.8 Å². The van der Waals surface area contributed by atoms with Gasteiger partial charge in [-0.05, 0) is 28.8 Å². The third-order valence-electron chi connectivity index (χ3n) is 4.45. The summed E-state index contributed by atoms with van der Waals surface area (Å²) < 4.78 is 5.08. The fourth-order valence-corrected chi connectivity index (χ4v) is 3.09. The summed E-state index contributed by atoms with van der Waals surface area (Å²) >= 11 is 0. The molecule has 0 spiro atoms. The van der Waals surface area contributed by atoms with E-state index in [1.807, 2.05) is 60.7 Å². The van der Waals surface area contributed by atoms with Gasteiger partial charge in [-0.2, -0.15) is 0 Å². The SMILES string of the molecule is COC(C(=O)O)c1ccc(N(Cc2ccccc2)Cc2ccccc2)cc1. The molecule has 0 aliphatic carbocycles. The van der Waals surface area contributed by atoms with Gasteiger partial charge in [0, 0.05) is 25.9 Å². The molecule has 1 atom stereocenters. The molecule has 0 heterocycles. The van der Waals surface area contributed by atoms with Crippen molar-refractivity contribution >= 4 is 11.7 Å². The molecule has 3 rings (SSSR count). The number of aliphatic carboxylic acids is 1. The number of benzene rings is 3. The Morgan fingerprint density at radius 2 is 1.33 bits per heavy atom. The van der Waals surface area contributed by atoms with E-state index in [4.69, 9.17) is 4.74 Å². The van der Waals surface area contributed by atoms with Crippen LogP contribution in [0.5, 0.6) is 0 Å². The number of carboxylic acids is 1. The summed E-state index contributed by atoms with van der Waals surface area (Å²) in [6.45, 7) is 1.53. The molecule has 0 amide bonds. The van der Waals surface area contributed by atoms with Crippen LogP contribution in [0, 0.1) is 0 Å². The number of nitrogens with zero attached hydrogens (tertiary/aromatic N) is 1. The van der Waals surface area contributed by atoms with Gasteiger partial charge in [-0.15, -0.1) is 0 Å². The maximum absolute atomic E-state index is 11.3. The summed E-state index contributed by atoms with van der Waals surface area (Å²) in [7, 11) is 1.41. The maximum atomic E-state index is 11.3. The Balaban J connectivity index is 1.86. The average Bonchev–Trinajstić information content (AvgIpc) is 2.70. The van der Waals surface area contributed by atoms with Crippen molar-refractivity contribution in [1.29, 1.82) is 0 Å². The highest BCUT2D eigenvalue weighted by Gasteiger charge is 2.19. The van der Waals surface area contributed by atoms with Crippen LogP contribution in [0.3, 0.4) is 0 Å². The minimum absolute atomic E-state index is 0.633. The molecule has 3 aromatic carbocycles. The number of rotatable bonds is 8. The third kappa shape index (κ3) is 4.96. The van der Waals surface area contributed by atoms with E-state index in [-0.39, 0.29) is 0 Å². The van der Waals surface area contributed by atoms with E-state index in [1.165, 1.54) is 18.2 Å². The number of carbonyl (C=O) groups is 1. The van der Waals surface area contributed by atoms with Crippen LogP contribution in [-0.2, 0) is 22.6 Å². The molecule has 138 valence electrons. The van der Waals surface area contributed by atoms with E-state index in [9.17, 15) is 9.90 Å². The Morgan fingerprint density at radius 1 is 0.852 bits per heavy atom. The summed E-state index contributed by atoms with van der Waals surface area (Å²) in [5.74, 6) is -0.990. The smallest absolute Gasteiger partial charge is 0.337 e. The fourth-order valence-electron chi connectivity index (χ4n) is 3.09. The molecule has 1 N–H and O–H groups in total. The van der Waals surface area contributed by atoms with Crippen LogP contribution in [0.2, 0.25) is 0 Å². The molecule has 4 nitrogen and oxygen atoms in total. The van der Waals surface area contributed by atoms with E-state index >= 15 is 0 Å². The lowest BCUT2D eigenvalue weighted by atomic mass is 10.1. The standard InChI is InChI=1S/C23H23NO3/c1-27-22(23(25)26)20-12-14-21(15-13-20)24(16-18-8-4-2-5-9-18)17-19-10-6-3-7-11-19/h2-15,22H,16-17H2,1H3,(H,25,26). The van der Waals surface area contributed by atoms with E-state index in [2.05, 4.69) is 29.2 Å². The number of hydrogen-bond donors (Lipinski definition) is 1. The summed E-state index contributed by atoms with van der Waals surface area (Å²) in [6, 6.07) is 28.2. The Kier molecular flexibility index (Phi) is 6.23. The fraction of sp³-hybridized carbons (Fsp3) is 0.174. The maximum Gasteiger partial charge on any atom is 0.337 e. The first kappa shape index (κ1) is 18.7. The zero-order chi connectivity index (χ0) is 19.1.